The van der Waals surface area contributed by atoms with Gasteiger partial charge in [0.25, 0.3) is 0 Å². The Balaban J connectivity index is 2.27. The van der Waals surface area contributed by atoms with Gasteiger partial charge >= 0.3 is 6.47 Å². The molecule has 3 unspecified atom stereocenters. The lowest BCUT2D eigenvalue weighted by Gasteiger charge is -2.37. The molecule has 13 heavy (non-hydrogen) atoms. The summed E-state index contributed by atoms with van der Waals surface area (Å²) in [4.78, 5) is 10.2. The first-order valence-electron chi connectivity index (χ1n) is 5.05. The zero-order valence-corrected chi connectivity index (χ0v) is 8.59. The maximum atomic E-state index is 10.2. The summed E-state index contributed by atoms with van der Waals surface area (Å²) < 4.78 is 5.07. The van der Waals surface area contributed by atoms with Gasteiger partial charge in [-0.2, -0.15) is 0 Å². The van der Waals surface area contributed by atoms with E-state index in [-0.39, 0.29) is 11.5 Å². The zero-order valence-electron chi connectivity index (χ0n) is 8.59. The highest BCUT2D eigenvalue weighted by Crippen LogP contribution is 2.66. The van der Waals surface area contributed by atoms with Crippen LogP contribution in [0.15, 0.2) is 0 Å². The first-order valence-corrected chi connectivity index (χ1v) is 5.05. The Hall–Kier alpha value is -0.530. The number of hydrogen-bond donors (Lipinski definition) is 0. The molecule has 0 amide bonds. The summed E-state index contributed by atoms with van der Waals surface area (Å²) in [6.45, 7) is 8.47. The molecule has 0 saturated heterocycles. The quantitative estimate of drug-likeness (QED) is 0.653. The van der Waals surface area contributed by atoms with E-state index in [1.807, 2.05) is 0 Å². The Labute approximate surface area is 79.7 Å². The van der Waals surface area contributed by atoms with Crippen LogP contribution in [-0.2, 0) is 9.53 Å². The normalized spacial score (nSPS) is 46.4. The Morgan fingerprint density at radius 2 is 2.08 bits per heavy atom. The number of carbonyl (C=O) groups excluding carboxylic acids is 1. The van der Waals surface area contributed by atoms with Crippen LogP contribution in [0.4, 0.5) is 0 Å². The van der Waals surface area contributed by atoms with E-state index < -0.39 is 0 Å². The van der Waals surface area contributed by atoms with Crippen molar-refractivity contribution in [1.82, 2.24) is 0 Å². The van der Waals surface area contributed by atoms with Gasteiger partial charge in [-0.15, -0.1) is 0 Å². The molecule has 2 bridgehead atoms. The van der Waals surface area contributed by atoms with Gasteiger partial charge in [-0.05, 0) is 30.6 Å². The van der Waals surface area contributed by atoms with E-state index in [2.05, 4.69) is 20.8 Å². The SMILES string of the molecule is CC1(C)C2CCC1(C)C(O[C]=O)C2. The molecule has 2 heteroatoms. The van der Waals surface area contributed by atoms with Crippen LogP contribution >= 0.6 is 0 Å². The highest BCUT2D eigenvalue weighted by atomic mass is 16.5. The second kappa shape index (κ2) is 2.49. The third-order valence-electron chi connectivity index (χ3n) is 4.90. The Morgan fingerprint density at radius 3 is 2.46 bits per heavy atom. The topological polar surface area (TPSA) is 26.3 Å². The summed E-state index contributed by atoms with van der Waals surface area (Å²) in [7, 11) is 0. The standard InChI is InChI=1S/C11H17O2/c1-10(2)8-4-5-11(10,3)9(6-8)13-7-12/h8-9H,4-6H2,1-3H3. The molecule has 2 rings (SSSR count). The van der Waals surface area contributed by atoms with Gasteiger partial charge in [0.15, 0.2) is 0 Å². The van der Waals surface area contributed by atoms with E-state index >= 15 is 0 Å². The number of hydrogen-bond acceptors (Lipinski definition) is 2. The monoisotopic (exact) mass is 181 g/mol. The molecule has 2 aliphatic rings. The first kappa shape index (κ1) is 9.04. The van der Waals surface area contributed by atoms with Crippen LogP contribution in [0.3, 0.4) is 0 Å². The molecule has 0 aliphatic heterocycles. The van der Waals surface area contributed by atoms with Crippen molar-refractivity contribution in [2.24, 2.45) is 16.7 Å². The average molecular weight is 181 g/mol. The van der Waals surface area contributed by atoms with Crippen LogP contribution in [0.2, 0.25) is 0 Å². The molecule has 0 aromatic rings. The van der Waals surface area contributed by atoms with E-state index in [9.17, 15) is 4.79 Å². The molecule has 0 aromatic heterocycles. The second-order valence-electron chi connectivity index (χ2n) is 5.30. The first-order chi connectivity index (χ1) is 6.02. The molecular formula is C11H17O2. The molecule has 73 valence electrons. The maximum absolute atomic E-state index is 10.2. The summed E-state index contributed by atoms with van der Waals surface area (Å²) in [5.41, 5.74) is 0.517. The van der Waals surface area contributed by atoms with E-state index in [0.29, 0.717) is 5.41 Å². The molecule has 0 heterocycles. The molecule has 2 nitrogen and oxygen atoms in total. The summed E-state index contributed by atoms with van der Waals surface area (Å²) in [6, 6.07) is 0. The average Bonchev–Trinajstić information content (AvgIpc) is 2.37. The fraction of sp³-hybridized carbons (Fsp3) is 0.909. The van der Waals surface area contributed by atoms with Crippen molar-refractivity contribution in [2.45, 2.75) is 46.1 Å². The van der Waals surface area contributed by atoms with Crippen molar-refractivity contribution >= 4 is 6.47 Å². The van der Waals surface area contributed by atoms with Crippen LogP contribution in [0, 0.1) is 16.7 Å². The summed E-state index contributed by atoms with van der Waals surface area (Å²) >= 11 is 0. The molecule has 0 aromatic carbocycles. The number of rotatable bonds is 2. The molecule has 2 fully saturated rings. The summed E-state index contributed by atoms with van der Waals surface area (Å²) in [5, 5.41) is 0. The van der Waals surface area contributed by atoms with Crippen molar-refractivity contribution in [3.05, 3.63) is 0 Å². The Kier molecular flexibility index (Phi) is 1.73. The van der Waals surface area contributed by atoms with Crippen molar-refractivity contribution in [1.29, 1.82) is 0 Å². The van der Waals surface area contributed by atoms with Gasteiger partial charge in [0.2, 0.25) is 0 Å². The third-order valence-corrected chi connectivity index (χ3v) is 4.90. The smallest absolute Gasteiger partial charge is 0.417 e. The minimum atomic E-state index is 0.110. The largest absolute Gasteiger partial charge is 0.453 e. The van der Waals surface area contributed by atoms with E-state index in [4.69, 9.17) is 4.74 Å². The Morgan fingerprint density at radius 1 is 1.38 bits per heavy atom. The zero-order chi connectivity index (χ0) is 9.69. The second-order valence-corrected chi connectivity index (χ2v) is 5.30. The van der Waals surface area contributed by atoms with Crippen LogP contribution < -0.4 is 0 Å². The number of fused-ring (bicyclic) bond motifs is 2. The highest BCUT2D eigenvalue weighted by Gasteiger charge is 2.62. The van der Waals surface area contributed by atoms with Gasteiger partial charge in [-0.1, -0.05) is 20.8 Å². The van der Waals surface area contributed by atoms with E-state index in [1.165, 1.54) is 12.8 Å². The van der Waals surface area contributed by atoms with E-state index in [1.54, 1.807) is 6.47 Å². The maximum Gasteiger partial charge on any atom is 0.417 e. The number of ether oxygens (including phenoxy) is 1. The predicted molar refractivity (Wildman–Crippen MR) is 49.8 cm³/mol. The van der Waals surface area contributed by atoms with Gasteiger partial charge in [0.05, 0.1) is 0 Å². The van der Waals surface area contributed by atoms with Gasteiger partial charge in [-0.25, -0.2) is 4.79 Å². The van der Waals surface area contributed by atoms with Gasteiger partial charge in [0.1, 0.15) is 6.10 Å². The van der Waals surface area contributed by atoms with Crippen LogP contribution in [0.25, 0.3) is 0 Å². The predicted octanol–water partition coefficient (Wildman–Crippen LogP) is 2.29. The van der Waals surface area contributed by atoms with Gasteiger partial charge in [-0.3, -0.25) is 0 Å². The van der Waals surface area contributed by atoms with Crippen LogP contribution in [-0.4, -0.2) is 12.6 Å². The minimum Gasteiger partial charge on any atom is -0.453 e. The lowest BCUT2D eigenvalue weighted by Crippen LogP contribution is -2.36. The van der Waals surface area contributed by atoms with Gasteiger partial charge < -0.3 is 4.74 Å². The fourth-order valence-electron chi connectivity index (χ4n) is 3.37. The Bertz CT molecular complexity index is 234. The van der Waals surface area contributed by atoms with Crippen LogP contribution in [0.5, 0.6) is 0 Å². The molecule has 2 saturated carbocycles. The van der Waals surface area contributed by atoms with Gasteiger partial charge in [0, 0.05) is 5.41 Å². The lowest BCUT2D eigenvalue weighted by atomic mass is 9.70. The summed E-state index contributed by atoms with van der Waals surface area (Å²) in [6.07, 6.45) is 3.64. The molecule has 2 aliphatic carbocycles. The fourth-order valence-corrected chi connectivity index (χ4v) is 3.37. The molecule has 3 atom stereocenters. The van der Waals surface area contributed by atoms with Crippen molar-refractivity contribution in [3.8, 4) is 0 Å². The molecular weight excluding hydrogens is 164 g/mol. The van der Waals surface area contributed by atoms with Crippen LogP contribution in [0.1, 0.15) is 40.0 Å². The molecule has 0 spiro atoms. The molecule has 1 radical (unpaired) electrons. The van der Waals surface area contributed by atoms with E-state index in [0.717, 1.165) is 12.3 Å². The lowest BCUT2D eigenvalue weighted by molar-refractivity contribution is 0.0200. The third kappa shape index (κ3) is 0.918. The van der Waals surface area contributed by atoms with Crippen molar-refractivity contribution < 1.29 is 9.53 Å². The highest BCUT2D eigenvalue weighted by molar-refractivity contribution is 5.39. The minimum absolute atomic E-state index is 0.110. The van der Waals surface area contributed by atoms with Crippen molar-refractivity contribution in [3.63, 3.8) is 0 Å². The molecule has 0 N–H and O–H groups in total. The summed E-state index contributed by atoms with van der Waals surface area (Å²) in [5.74, 6) is 0.732. The van der Waals surface area contributed by atoms with Crippen molar-refractivity contribution in [2.75, 3.05) is 0 Å².